The molecule has 4 fully saturated rings. The number of esters is 1. The summed E-state index contributed by atoms with van der Waals surface area (Å²) in [5.74, 6) is 3.68. The first kappa shape index (κ1) is 20.7. The highest BCUT2D eigenvalue weighted by molar-refractivity contribution is 5.69. The Kier molecular flexibility index (Phi) is 7.60. The highest BCUT2D eigenvalue weighted by Crippen LogP contribution is 2.46. The molecule has 4 bridgehead atoms. The molecule has 0 aliphatic heterocycles. The largest absolute Gasteiger partial charge is 0.481 e. The van der Waals surface area contributed by atoms with Gasteiger partial charge >= 0.3 is 11.9 Å². The average molecular weight is 379 g/mol. The standard InChI is InChI=1S/C12H20O2.C11H18O2/c1-14-12(13)8-11-9-4-2-5-10(11)7-3-6-9;12-11(13)7-10-8-3-1-4-9(10)6-2-5-8/h9-11H,2-8H2,1H3;8-10H,1-7H2,(H,12,13). The normalized spacial score (nSPS) is 37.5. The van der Waals surface area contributed by atoms with Gasteiger partial charge in [0.15, 0.2) is 0 Å². The maximum atomic E-state index is 11.3. The zero-order valence-corrected chi connectivity index (χ0v) is 17.0. The topological polar surface area (TPSA) is 63.6 Å². The Balaban J connectivity index is 0.000000156. The van der Waals surface area contributed by atoms with E-state index in [-0.39, 0.29) is 5.97 Å². The molecule has 4 heteroatoms. The van der Waals surface area contributed by atoms with Crippen LogP contribution < -0.4 is 0 Å². The number of methoxy groups -OCH3 is 1. The van der Waals surface area contributed by atoms with Gasteiger partial charge < -0.3 is 9.84 Å². The van der Waals surface area contributed by atoms with Gasteiger partial charge in [0.05, 0.1) is 7.11 Å². The third-order valence-corrected chi connectivity index (χ3v) is 8.06. The third kappa shape index (κ3) is 5.48. The Morgan fingerprint density at radius 2 is 1.04 bits per heavy atom. The number of carbonyl (C=O) groups is 2. The van der Waals surface area contributed by atoms with E-state index in [9.17, 15) is 9.59 Å². The van der Waals surface area contributed by atoms with Crippen LogP contribution in [0.4, 0.5) is 0 Å². The number of hydrogen-bond donors (Lipinski definition) is 1. The van der Waals surface area contributed by atoms with Crippen molar-refractivity contribution in [3.63, 3.8) is 0 Å². The van der Waals surface area contributed by atoms with Crippen molar-refractivity contribution in [1.82, 2.24) is 0 Å². The van der Waals surface area contributed by atoms with Crippen LogP contribution in [0.3, 0.4) is 0 Å². The molecule has 0 saturated heterocycles. The van der Waals surface area contributed by atoms with Gasteiger partial charge in [-0.15, -0.1) is 0 Å². The first-order valence-corrected chi connectivity index (χ1v) is 11.4. The number of hydrogen-bond acceptors (Lipinski definition) is 3. The second-order valence-corrected chi connectivity index (χ2v) is 9.47. The van der Waals surface area contributed by atoms with Crippen LogP contribution in [0.2, 0.25) is 0 Å². The molecule has 0 amide bonds. The van der Waals surface area contributed by atoms with Gasteiger partial charge in [-0.05, 0) is 35.5 Å². The summed E-state index contributed by atoms with van der Waals surface area (Å²) in [5.41, 5.74) is 0. The van der Waals surface area contributed by atoms with Gasteiger partial charge in [0.1, 0.15) is 0 Å². The monoisotopic (exact) mass is 378 g/mol. The summed E-state index contributed by atoms with van der Waals surface area (Å²) in [6, 6.07) is 0. The molecule has 1 N–H and O–H groups in total. The first-order chi connectivity index (χ1) is 13.1. The molecule has 4 aliphatic carbocycles. The van der Waals surface area contributed by atoms with E-state index in [1.165, 1.54) is 84.2 Å². The van der Waals surface area contributed by atoms with E-state index in [2.05, 4.69) is 0 Å². The Labute approximate surface area is 164 Å². The fourth-order valence-electron chi connectivity index (χ4n) is 6.77. The number of rotatable bonds is 4. The molecule has 27 heavy (non-hydrogen) atoms. The van der Waals surface area contributed by atoms with E-state index in [1.54, 1.807) is 0 Å². The maximum Gasteiger partial charge on any atom is 0.305 e. The minimum Gasteiger partial charge on any atom is -0.481 e. The molecule has 4 nitrogen and oxygen atoms in total. The molecule has 154 valence electrons. The summed E-state index contributed by atoms with van der Waals surface area (Å²) in [6.45, 7) is 0. The lowest BCUT2D eigenvalue weighted by Crippen LogP contribution is -2.34. The van der Waals surface area contributed by atoms with E-state index in [0.717, 1.165) is 23.7 Å². The minimum atomic E-state index is -0.594. The molecule has 4 saturated carbocycles. The van der Waals surface area contributed by atoms with Gasteiger partial charge in [-0.3, -0.25) is 9.59 Å². The number of aliphatic carboxylic acids is 1. The number of carboxylic acids is 1. The summed E-state index contributed by atoms with van der Waals surface area (Å²) >= 11 is 0. The van der Waals surface area contributed by atoms with Gasteiger partial charge in [-0.25, -0.2) is 0 Å². The van der Waals surface area contributed by atoms with Crippen LogP contribution in [0, 0.1) is 35.5 Å². The molecule has 4 rings (SSSR count). The molecule has 4 aliphatic rings. The van der Waals surface area contributed by atoms with Gasteiger partial charge in [-0.2, -0.15) is 0 Å². The van der Waals surface area contributed by atoms with E-state index >= 15 is 0 Å². The van der Waals surface area contributed by atoms with Crippen molar-refractivity contribution >= 4 is 11.9 Å². The quantitative estimate of drug-likeness (QED) is 0.661. The zero-order chi connectivity index (χ0) is 19.2. The summed E-state index contributed by atoms with van der Waals surface area (Å²) in [7, 11) is 1.50. The molecule has 0 unspecified atom stereocenters. The molecule has 0 atom stereocenters. The van der Waals surface area contributed by atoms with Gasteiger partial charge in [0.25, 0.3) is 0 Å². The fraction of sp³-hybridized carbons (Fsp3) is 0.913. The van der Waals surface area contributed by atoms with Crippen LogP contribution in [-0.2, 0) is 14.3 Å². The summed E-state index contributed by atoms with van der Waals surface area (Å²) in [4.78, 5) is 22.0. The van der Waals surface area contributed by atoms with E-state index in [4.69, 9.17) is 9.84 Å². The third-order valence-electron chi connectivity index (χ3n) is 8.06. The van der Waals surface area contributed by atoms with Crippen LogP contribution in [-0.4, -0.2) is 24.2 Å². The molecular formula is C23H38O4. The molecule has 0 aromatic carbocycles. The number of carboxylic acid groups (broad SMARTS) is 1. The molecule has 0 aromatic rings. The molecule has 0 aromatic heterocycles. The van der Waals surface area contributed by atoms with Gasteiger partial charge in [0, 0.05) is 12.8 Å². The van der Waals surface area contributed by atoms with E-state index in [0.29, 0.717) is 24.7 Å². The number of carbonyl (C=O) groups excluding carboxylic acids is 1. The molecular weight excluding hydrogens is 340 g/mol. The van der Waals surface area contributed by atoms with Crippen LogP contribution in [0.1, 0.15) is 89.9 Å². The molecule has 0 radical (unpaired) electrons. The second-order valence-electron chi connectivity index (χ2n) is 9.47. The lowest BCUT2D eigenvalue weighted by molar-refractivity contribution is -0.143. The molecule has 0 heterocycles. The lowest BCUT2D eigenvalue weighted by Gasteiger charge is -2.42. The lowest BCUT2D eigenvalue weighted by atomic mass is 9.63. The Hall–Kier alpha value is -1.06. The van der Waals surface area contributed by atoms with E-state index in [1.807, 2.05) is 0 Å². The Morgan fingerprint density at radius 1 is 0.704 bits per heavy atom. The van der Waals surface area contributed by atoms with Gasteiger partial charge in [0.2, 0.25) is 0 Å². The highest BCUT2D eigenvalue weighted by atomic mass is 16.5. The van der Waals surface area contributed by atoms with Crippen molar-refractivity contribution in [2.45, 2.75) is 89.9 Å². The molecule has 0 spiro atoms. The summed E-state index contributed by atoms with van der Waals surface area (Å²) < 4.78 is 4.78. The highest BCUT2D eigenvalue weighted by Gasteiger charge is 2.38. The predicted octanol–water partition coefficient (Wildman–Crippen LogP) is 5.44. The Morgan fingerprint density at radius 3 is 1.33 bits per heavy atom. The van der Waals surface area contributed by atoms with Crippen LogP contribution in [0.25, 0.3) is 0 Å². The van der Waals surface area contributed by atoms with Crippen LogP contribution in [0.5, 0.6) is 0 Å². The minimum absolute atomic E-state index is 0.00574. The number of ether oxygens (including phenoxy) is 1. The zero-order valence-electron chi connectivity index (χ0n) is 17.0. The number of fused-ring (bicyclic) bond motifs is 4. The van der Waals surface area contributed by atoms with E-state index < -0.39 is 5.97 Å². The SMILES string of the molecule is COC(=O)CC1C2CCCC1CCC2.O=C(O)CC1C2CCCC1CCC2. The first-order valence-electron chi connectivity index (χ1n) is 11.4. The predicted molar refractivity (Wildman–Crippen MR) is 105 cm³/mol. The van der Waals surface area contributed by atoms with Crippen molar-refractivity contribution in [3.05, 3.63) is 0 Å². The average Bonchev–Trinajstić information content (AvgIpc) is 2.61. The van der Waals surface area contributed by atoms with Gasteiger partial charge in [-0.1, -0.05) is 77.0 Å². The Bertz CT molecular complexity index is 459. The van der Waals surface area contributed by atoms with Crippen molar-refractivity contribution < 1.29 is 19.4 Å². The van der Waals surface area contributed by atoms with Crippen molar-refractivity contribution in [2.24, 2.45) is 35.5 Å². The fourth-order valence-corrected chi connectivity index (χ4v) is 6.77. The van der Waals surface area contributed by atoms with Crippen LogP contribution in [0.15, 0.2) is 0 Å². The van der Waals surface area contributed by atoms with Crippen molar-refractivity contribution in [2.75, 3.05) is 7.11 Å². The van der Waals surface area contributed by atoms with Crippen molar-refractivity contribution in [1.29, 1.82) is 0 Å². The van der Waals surface area contributed by atoms with Crippen molar-refractivity contribution in [3.8, 4) is 0 Å². The van der Waals surface area contributed by atoms with Crippen LogP contribution >= 0.6 is 0 Å². The summed E-state index contributed by atoms with van der Waals surface area (Å²) in [5, 5.41) is 8.82. The maximum absolute atomic E-state index is 11.3. The smallest absolute Gasteiger partial charge is 0.305 e. The second kappa shape index (κ2) is 9.93. The summed E-state index contributed by atoms with van der Waals surface area (Å²) in [6.07, 6.45) is 17.1.